The normalized spacial score (nSPS) is 10.4. The van der Waals surface area contributed by atoms with E-state index >= 15 is 0 Å². The van der Waals surface area contributed by atoms with E-state index in [1.54, 1.807) is 10.9 Å². The van der Waals surface area contributed by atoms with Crippen LogP contribution in [-0.4, -0.2) is 26.3 Å². The molecule has 0 unspecified atom stereocenters. The summed E-state index contributed by atoms with van der Waals surface area (Å²) in [5.41, 5.74) is 0. The lowest BCUT2D eigenvalue weighted by molar-refractivity contribution is 0.607. The molecule has 2 aromatic rings. The van der Waals surface area contributed by atoms with Crippen molar-refractivity contribution in [1.29, 1.82) is 0 Å². The topological polar surface area (TPSA) is 55.6 Å². The van der Waals surface area contributed by atoms with Gasteiger partial charge in [-0.2, -0.15) is 10.1 Å². The highest BCUT2D eigenvalue weighted by atomic mass is 35.5. The van der Waals surface area contributed by atoms with Crippen molar-refractivity contribution in [2.24, 2.45) is 0 Å². The Morgan fingerprint density at radius 3 is 3.12 bits per heavy atom. The first-order chi connectivity index (χ1) is 7.75. The van der Waals surface area contributed by atoms with Gasteiger partial charge in [-0.1, -0.05) is 0 Å². The minimum atomic E-state index is -0.523. The quantitative estimate of drug-likeness (QED) is 0.826. The molecular weight excluding hydrogens is 233 g/mol. The van der Waals surface area contributed by atoms with Gasteiger partial charge in [-0.3, -0.25) is 4.68 Å². The number of nitrogens with one attached hydrogen (secondary N) is 1. The molecule has 0 aliphatic heterocycles. The zero-order valence-corrected chi connectivity index (χ0v) is 9.02. The first-order valence-corrected chi connectivity index (χ1v) is 5.03. The minimum absolute atomic E-state index is 0.0167. The zero-order valence-electron chi connectivity index (χ0n) is 8.27. The van der Waals surface area contributed by atoms with E-state index in [0.29, 0.717) is 13.1 Å². The Kier molecular flexibility index (Phi) is 3.31. The molecule has 0 spiro atoms. The minimum Gasteiger partial charge on any atom is -0.366 e. The van der Waals surface area contributed by atoms with E-state index in [0.717, 1.165) is 6.20 Å². The molecule has 0 atom stereocenters. The fraction of sp³-hybridized carbons (Fsp3) is 0.222. The van der Waals surface area contributed by atoms with E-state index in [1.807, 2.05) is 12.3 Å². The lowest BCUT2D eigenvalue weighted by Gasteiger charge is -2.06. The third-order valence-electron chi connectivity index (χ3n) is 1.91. The van der Waals surface area contributed by atoms with Crippen LogP contribution in [0.1, 0.15) is 0 Å². The van der Waals surface area contributed by atoms with Crippen LogP contribution in [-0.2, 0) is 6.54 Å². The average molecular weight is 242 g/mol. The summed E-state index contributed by atoms with van der Waals surface area (Å²) in [6, 6.07) is 1.82. The van der Waals surface area contributed by atoms with Gasteiger partial charge in [0.15, 0.2) is 11.6 Å². The maximum Gasteiger partial charge on any atom is 0.224 e. The number of aromatic nitrogens is 4. The highest BCUT2D eigenvalue weighted by molar-refractivity contribution is 6.28. The Morgan fingerprint density at radius 2 is 2.38 bits per heavy atom. The van der Waals surface area contributed by atoms with Crippen LogP contribution in [0.15, 0.2) is 24.7 Å². The van der Waals surface area contributed by atoms with Gasteiger partial charge < -0.3 is 5.32 Å². The number of halogens is 2. The summed E-state index contributed by atoms with van der Waals surface area (Å²) in [6.07, 6.45) is 4.54. The Balaban J connectivity index is 1.92. The van der Waals surface area contributed by atoms with Crippen LogP contribution in [0, 0.1) is 5.82 Å². The first kappa shape index (κ1) is 10.8. The molecule has 0 radical (unpaired) electrons. The van der Waals surface area contributed by atoms with Crippen LogP contribution in [0.5, 0.6) is 0 Å². The number of hydrogen-bond acceptors (Lipinski definition) is 4. The number of hydrogen-bond donors (Lipinski definition) is 1. The summed E-state index contributed by atoms with van der Waals surface area (Å²) >= 11 is 5.55. The smallest absolute Gasteiger partial charge is 0.224 e. The molecule has 2 rings (SSSR count). The highest BCUT2D eigenvalue weighted by Crippen LogP contribution is 2.11. The molecule has 2 aromatic heterocycles. The van der Waals surface area contributed by atoms with Crippen molar-refractivity contribution in [3.8, 4) is 0 Å². The molecule has 0 aromatic carbocycles. The maximum absolute atomic E-state index is 13.2. The molecule has 0 saturated carbocycles. The van der Waals surface area contributed by atoms with Gasteiger partial charge in [0.2, 0.25) is 5.28 Å². The van der Waals surface area contributed by atoms with Crippen LogP contribution in [0.3, 0.4) is 0 Å². The summed E-state index contributed by atoms with van der Waals surface area (Å²) in [5.74, 6) is -0.419. The van der Waals surface area contributed by atoms with Crippen molar-refractivity contribution in [3.05, 3.63) is 35.8 Å². The fourth-order valence-corrected chi connectivity index (χ4v) is 1.32. The summed E-state index contributed by atoms with van der Waals surface area (Å²) in [6.45, 7) is 1.13. The van der Waals surface area contributed by atoms with Crippen molar-refractivity contribution in [1.82, 2.24) is 19.7 Å². The molecule has 0 fully saturated rings. The third-order valence-corrected chi connectivity index (χ3v) is 2.09. The fourth-order valence-electron chi connectivity index (χ4n) is 1.19. The third kappa shape index (κ3) is 2.66. The molecule has 16 heavy (non-hydrogen) atoms. The van der Waals surface area contributed by atoms with Gasteiger partial charge in [-0.25, -0.2) is 9.37 Å². The monoisotopic (exact) mass is 241 g/mol. The molecule has 7 heteroatoms. The second-order valence-corrected chi connectivity index (χ2v) is 3.37. The Labute approximate surface area is 96.3 Å². The van der Waals surface area contributed by atoms with E-state index < -0.39 is 5.82 Å². The van der Waals surface area contributed by atoms with Crippen molar-refractivity contribution < 1.29 is 4.39 Å². The number of anilines is 1. The first-order valence-electron chi connectivity index (χ1n) is 4.65. The number of nitrogens with zero attached hydrogens (tertiary/aromatic N) is 4. The van der Waals surface area contributed by atoms with Gasteiger partial charge >= 0.3 is 0 Å². The summed E-state index contributed by atoms with van der Waals surface area (Å²) in [7, 11) is 0. The maximum atomic E-state index is 13.2. The van der Waals surface area contributed by atoms with Crippen LogP contribution in [0.25, 0.3) is 0 Å². The molecule has 1 N–H and O–H groups in total. The molecule has 0 saturated heterocycles. The van der Waals surface area contributed by atoms with E-state index in [2.05, 4.69) is 20.4 Å². The largest absolute Gasteiger partial charge is 0.366 e. The molecular formula is C9H9ClFN5. The van der Waals surface area contributed by atoms with E-state index in [4.69, 9.17) is 11.6 Å². The van der Waals surface area contributed by atoms with E-state index in [-0.39, 0.29) is 11.1 Å². The van der Waals surface area contributed by atoms with Crippen molar-refractivity contribution in [2.75, 3.05) is 11.9 Å². The number of rotatable bonds is 4. The second kappa shape index (κ2) is 4.89. The summed E-state index contributed by atoms with van der Waals surface area (Å²) < 4.78 is 14.9. The van der Waals surface area contributed by atoms with Gasteiger partial charge in [0, 0.05) is 18.9 Å². The van der Waals surface area contributed by atoms with Gasteiger partial charge in [-0.15, -0.1) is 0 Å². The molecule has 0 aliphatic rings. The van der Waals surface area contributed by atoms with Gasteiger partial charge in [0.1, 0.15) is 0 Å². The zero-order chi connectivity index (χ0) is 11.4. The standard InChI is InChI=1S/C9H9ClFN5/c10-9-13-6-7(11)8(15-9)12-3-5-16-4-1-2-14-16/h1-2,4,6H,3,5H2,(H,12,13,15). The van der Waals surface area contributed by atoms with E-state index in [1.165, 1.54) is 0 Å². The highest BCUT2D eigenvalue weighted by Gasteiger charge is 2.04. The predicted molar refractivity (Wildman–Crippen MR) is 57.7 cm³/mol. The molecule has 5 nitrogen and oxygen atoms in total. The van der Waals surface area contributed by atoms with Crippen LogP contribution < -0.4 is 5.32 Å². The molecule has 84 valence electrons. The lowest BCUT2D eigenvalue weighted by Crippen LogP contribution is -2.12. The Bertz CT molecular complexity index is 459. The summed E-state index contributed by atoms with van der Waals surface area (Å²) in [5, 5.41) is 6.85. The van der Waals surface area contributed by atoms with Crippen LogP contribution in [0.4, 0.5) is 10.2 Å². The Morgan fingerprint density at radius 1 is 1.50 bits per heavy atom. The van der Waals surface area contributed by atoms with Gasteiger partial charge in [-0.05, 0) is 17.7 Å². The summed E-state index contributed by atoms with van der Waals surface area (Å²) in [4.78, 5) is 7.25. The van der Waals surface area contributed by atoms with Crippen LogP contribution in [0.2, 0.25) is 5.28 Å². The van der Waals surface area contributed by atoms with Gasteiger partial charge in [0.05, 0.1) is 12.7 Å². The lowest BCUT2D eigenvalue weighted by atomic mass is 10.5. The van der Waals surface area contributed by atoms with Crippen molar-refractivity contribution >= 4 is 17.4 Å². The molecule has 0 aliphatic carbocycles. The predicted octanol–water partition coefficient (Wildman–Crippen LogP) is 1.58. The SMILES string of the molecule is Fc1cnc(Cl)nc1NCCn1cccn1. The average Bonchev–Trinajstić information content (AvgIpc) is 2.76. The molecule has 2 heterocycles. The van der Waals surface area contributed by atoms with Crippen molar-refractivity contribution in [3.63, 3.8) is 0 Å². The van der Waals surface area contributed by atoms with Crippen LogP contribution >= 0.6 is 11.6 Å². The Hall–Kier alpha value is -1.69. The van der Waals surface area contributed by atoms with Gasteiger partial charge in [0.25, 0.3) is 0 Å². The van der Waals surface area contributed by atoms with E-state index in [9.17, 15) is 4.39 Å². The molecule has 0 bridgehead atoms. The second-order valence-electron chi connectivity index (χ2n) is 3.03. The molecule has 0 amide bonds. The van der Waals surface area contributed by atoms with Crippen molar-refractivity contribution in [2.45, 2.75) is 6.54 Å².